The van der Waals surface area contributed by atoms with Gasteiger partial charge in [-0.15, -0.1) is 0 Å². The van der Waals surface area contributed by atoms with Crippen LogP contribution < -0.4 is 5.73 Å². The number of carboxylic acid groups (broad SMARTS) is 1. The lowest BCUT2D eigenvalue weighted by Crippen LogP contribution is -2.31. The molecule has 1 atom stereocenters. The first-order valence-corrected chi connectivity index (χ1v) is 5.19. The van der Waals surface area contributed by atoms with Crippen molar-refractivity contribution in [2.24, 2.45) is 5.73 Å². The molecule has 0 bridgehead atoms. The van der Waals surface area contributed by atoms with Crippen LogP contribution in [0.15, 0.2) is 6.33 Å². The third kappa shape index (κ3) is 3.30. The Labute approximate surface area is 94.5 Å². The molecule has 0 saturated heterocycles. The van der Waals surface area contributed by atoms with Crippen LogP contribution in [0.2, 0.25) is 0 Å². The lowest BCUT2D eigenvalue weighted by molar-refractivity contribution is -0.138. The summed E-state index contributed by atoms with van der Waals surface area (Å²) in [6, 6.07) is -0.845. The molecule has 0 aromatic carbocycles. The Kier molecular flexibility index (Phi) is 3.64. The number of aryl methyl sites for hydroxylation is 1. The number of carbonyl (C=O) groups is 1. The molecule has 0 saturated carbocycles. The van der Waals surface area contributed by atoms with Gasteiger partial charge in [-0.1, -0.05) is 20.8 Å². The summed E-state index contributed by atoms with van der Waals surface area (Å²) in [6.07, 6.45) is 1.96. The summed E-state index contributed by atoms with van der Waals surface area (Å²) in [4.78, 5) is 14.7. The molecule has 0 spiro atoms. The standard InChI is InChI=1S/C10H18N4O2/c1-10(2,3)9-12-6-14(13-9)5-4-7(11)8(15)16/h6-7H,4-5,11H2,1-3H3,(H,15,16). The maximum Gasteiger partial charge on any atom is 0.320 e. The molecule has 0 fully saturated rings. The molecule has 0 aliphatic carbocycles. The van der Waals surface area contributed by atoms with Crippen LogP contribution in [0.1, 0.15) is 33.0 Å². The van der Waals surface area contributed by atoms with E-state index in [1.165, 1.54) is 0 Å². The van der Waals surface area contributed by atoms with E-state index in [1.807, 2.05) is 20.8 Å². The van der Waals surface area contributed by atoms with E-state index < -0.39 is 12.0 Å². The van der Waals surface area contributed by atoms with Gasteiger partial charge in [-0.25, -0.2) is 4.98 Å². The highest BCUT2D eigenvalue weighted by Gasteiger charge is 2.19. The number of carboxylic acids is 1. The summed E-state index contributed by atoms with van der Waals surface area (Å²) in [7, 11) is 0. The summed E-state index contributed by atoms with van der Waals surface area (Å²) >= 11 is 0. The van der Waals surface area contributed by atoms with Crippen LogP contribution in [0.3, 0.4) is 0 Å². The number of rotatable bonds is 4. The van der Waals surface area contributed by atoms with E-state index in [2.05, 4.69) is 10.1 Å². The number of hydrogen-bond acceptors (Lipinski definition) is 4. The second kappa shape index (κ2) is 4.61. The fraction of sp³-hybridized carbons (Fsp3) is 0.700. The first-order valence-electron chi connectivity index (χ1n) is 5.19. The van der Waals surface area contributed by atoms with Gasteiger partial charge in [0.2, 0.25) is 0 Å². The van der Waals surface area contributed by atoms with Crippen molar-refractivity contribution in [3.8, 4) is 0 Å². The number of aliphatic carboxylic acids is 1. The zero-order valence-electron chi connectivity index (χ0n) is 9.84. The van der Waals surface area contributed by atoms with E-state index in [0.29, 0.717) is 13.0 Å². The van der Waals surface area contributed by atoms with Crippen molar-refractivity contribution in [3.05, 3.63) is 12.2 Å². The molecule has 6 nitrogen and oxygen atoms in total. The number of hydrogen-bond donors (Lipinski definition) is 2. The number of aromatic nitrogens is 3. The molecule has 0 radical (unpaired) electrons. The molecular weight excluding hydrogens is 208 g/mol. The summed E-state index contributed by atoms with van der Waals surface area (Å²) < 4.78 is 1.63. The number of nitrogens with zero attached hydrogens (tertiary/aromatic N) is 3. The molecule has 1 unspecified atom stereocenters. The Morgan fingerprint density at radius 1 is 1.62 bits per heavy atom. The fourth-order valence-corrected chi connectivity index (χ4v) is 1.14. The van der Waals surface area contributed by atoms with Gasteiger partial charge in [-0.2, -0.15) is 5.10 Å². The summed E-state index contributed by atoms with van der Waals surface area (Å²) in [6.45, 7) is 6.54. The van der Waals surface area contributed by atoms with Crippen LogP contribution in [0, 0.1) is 0 Å². The van der Waals surface area contributed by atoms with E-state index in [4.69, 9.17) is 10.8 Å². The largest absolute Gasteiger partial charge is 0.480 e. The van der Waals surface area contributed by atoms with Gasteiger partial charge in [-0.3, -0.25) is 9.48 Å². The van der Waals surface area contributed by atoms with E-state index in [0.717, 1.165) is 5.82 Å². The van der Waals surface area contributed by atoms with Crippen molar-refractivity contribution in [2.75, 3.05) is 0 Å². The van der Waals surface area contributed by atoms with Gasteiger partial charge in [-0.05, 0) is 6.42 Å². The van der Waals surface area contributed by atoms with Crippen LogP contribution in [0.4, 0.5) is 0 Å². The van der Waals surface area contributed by atoms with Crippen molar-refractivity contribution in [1.82, 2.24) is 14.8 Å². The average Bonchev–Trinajstić information content (AvgIpc) is 2.61. The Morgan fingerprint density at radius 2 is 2.25 bits per heavy atom. The van der Waals surface area contributed by atoms with Gasteiger partial charge in [0.1, 0.15) is 12.4 Å². The quantitative estimate of drug-likeness (QED) is 0.774. The summed E-state index contributed by atoms with van der Waals surface area (Å²) in [5.41, 5.74) is 5.30. The third-order valence-corrected chi connectivity index (χ3v) is 2.19. The van der Waals surface area contributed by atoms with Crippen LogP contribution in [-0.2, 0) is 16.8 Å². The normalized spacial score (nSPS) is 13.8. The molecule has 1 heterocycles. The predicted octanol–water partition coefficient (Wildman–Crippen LogP) is 0.378. The maximum absolute atomic E-state index is 10.5. The molecule has 0 aliphatic rings. The second-order valence-electron chi connectivity index (χ2n) is 4.81. The van der Waals surface area contributed by atoms with Crippen molar-refractivity contribution in [2.45, 2.75) is 45.2 Å². The summed E-state index contributed by atoms with van der Waals surface area (Å²) in [5, 5.41) is 12.9. The topological polar surface area (TPSA) is 94.0 Å². The van der Waals surface area contributed by atoms with E-state index in [9.17, 15) is 4.79 Å². The smallest absolute Gasteiger partial charge is 0.320 e. The molecule has 3 N–H and O–H groups in total. The van der Waals surface area contributed by atoms with Gasteiger partial charge in [0, 0.05) is 12.0 Å². The van der Waals surface area contributed by atoms with Gasteiger partial charge < -0.3 is 10.8 Å². The Bertz CT molecular complexity index is 367. The zero-order valence-corrected chi connectivity index (χ0v) is 9.84. The first-order chi connectivity index (χ1) is 7.30. The molecule has 6 heteroatoms. The van der Waals surface area contributed by atoms with Crippen LogP contribution in [0.25, 0.3) is 0 Å². The third-order valence-electron chi connectivity index (χ3n) is 2.19. The van der Waals surface area contributed by atoms with E-state index >= 15 is 0 Å². The van der Waals surface area contributed by atoms with Crippen LogP contribution in [0.5, 0.6) is 0 Å². The monoisotopic (exact) mass is 226 g/mol. The van der Waals surface area contributed by atoms with Gasteiger partial charge in [0.05, 0.1) is 0 Å². The molecule has 16 heavy (non-hydrogen) atoms. The molecule has 90 valence electrons. The molecule has 0 aliphatic heterocycles. The van der Waals surface area contributed by atoms with Crippen LogP contribution in [-0.4, -0.2) is 31.9 Å². The molecule has 0 amide bonds. The zero-order chi connectivity index (χ0) is 12.3. The molecular formula is C10H18N4O2. The minimum Gasteiger partial charge on any atom is -0.480 e. The highest BCUT2D eigenvalue weighted by Crippen LogP contribution is 2.16. The van der Waals surface area contributed by atoms with E-state index in [1.54, 1.807) is 11.0 Å². The van der Waals surface area contributed by atoms with Gasteiger partial charge >= 0.3 is 5.97 Å². The fourth-order valence-electron chi connectivity index (χ4n) is 1.14. The Balaban J connectivity index is 2.57. The lowest BCUT2D eigenvalue weighted by Gasteiger charge is -2.12. The number of nitrogens with two attached hydrogens (primary N) is 1. The van der Waals surface area contributed by atoms with Crippen LogP contribution >= 0.6 is 0 Å². The predicted molar refractivity (Wildman–Crippen MR) is 59.0 cm³/mol. The van der Waals surface area contributed by atoms with Crippen molar-refractivity contribution >= 4 is 5.97 Å². The average molecular weight is 226 g/mol. The lowest BCUT2D eigenvalue weighted by atomic mass is 9.96. The molecule has 1 rings (SSSR count). The van der Waals surface area contributed by atoms with Crippen molar-refractivity contribution in [1.29, 1.82) is 0 Å². The molecule has 1 aromatic heterocycles. The highest BCUT2D eigenvalue weighted by molar-refractivity contribution is 5.72. The van der Waals surface area contributed by atoms with Gasteiger partial charge in [0.15, 0.2) is 5.82 Å². The first kappa shape index (κ1) is 12.6. The van der Waals surface area contributed by atoms with E-state index in [-0.39, 0.29) is 5.41 Å². The molecule has 1 aromatic rings. The minimum absolute atomic E-state index is 0.0971. The minimum atomic E-state index is -0.990. The summed E-state index contributed by atoms with van der Waals surface area (Å²) in [5.74, 6) is -0.243. The Hall–Kier alpha value is -1.43. The second-order valence-corrected chi connectivity index (χ2v) is 4.81. The SMILES string of the molecule is CC(C)(C)c1ncn(CCC(N)C(=O)O)n1. The Morgan fingerprint density at radius 3 is 2.69 bits per heavy atom. The van der Waals surface area contributed by atoms with Crippen molar-refractivity contribution < 1.29 is 9.90 Å². The van der Waals surface area contributed by atoms with Crippen molar-refractivity contribution in [3.63, 3.8) is 0 Å². The maximum atomic E-state index is 10.5. The van der Waals surface area contributed by atoms with Gasteiger partial charge in [0.25, 0.3) is 0 Å². The highest BCUT2D eigenvalue weighted by atomic mass is 16.4.